The van der Waals surface area contributed by atoms with Gasteiger partial charge in [-0.1, -0.05) is 0 Å². The van der Waals surface area contributed by atoms with E-state index in [1.54, 1.807) is 10.5 Å². The van der Waals surface area contributed by atoms with E-state index in [-0.39, 0.29) is 15.7 Å². The van der Waals surface area contributed by atoms with Gasteiger partial charge < -0.3 is 5.32 Å². The second kappa shape index (κ2) is 7.00. The fourth-order valence-corrected chi connectivity index (χ4v) is 3.73. The molecule has 3 aromatic rings. The number of hydrogen-bond acceptors (Lipinski definition) is 6. The van der Waals surface area contributed by atoms with E-state index in [0.29, 0.717) is 6.07 Å². The van der Waals surface area contributed by atoms with Gasteiger partial charge in [0.25, 0.3) is 15.9 Å². The maximum absolute atomic E-state index is 12.5. The predicted octanol–water partition coefficient (Wildman–Crippen LogP) is 2.94. The van der Waals surface area contributed by atoms with Crippen LogP contribution >= 0.6 is 11.3 Å². The second-order valence-corrected chi connectivity index (χ2v) is 7.66. The number of alkyl halides is 3. The lowest BCUT2D eigenvalue weighted by atomic mass is 10.3. The first-order chi connectivity index (χ1) is 12.6. The predicted molar refractivity (Wildman–Crippen MR) is 90.9 cm³/mol. The third kappa shape index (κ3) is 4.43. The van der Waals surface area contributed by atoms with E-state index in [1.165, 1.54) is 30.5 Å². The molecule has 2 aromatic heterocycles. The average Bonchev–Trinajstić information content (AvgIpc) is 3.25. The topological polar surface area (TPSA) is 117 Å². The van der Waals surface area contributed by atoms with Crippen molar-refractivity contribution in [3.8, 4) is 0 Å². The first kappa shape index (κ1) is 18.8. The number of nitrogens with zero attached hydrogens (tertiary/aromatic N) is 2. The van der Waals surface area contributed by atoms with E-state index in [4.69, 9.17) is 0 Å². The Hall–Kier alpha value is -2.93. The van der Waals surface area contributed by atoms with Gasteiger partial charge >= 0.3 is 6.18 Å². The van der Waals surface area contributed by atoms with Gasteiger partial charge in [0.1, 0.15) is 5.69 Å². The Morgan fingerprint density at radius 1 is 1.19 bits per heavy atom. The highest BCUT2D eigenvalue weighted by molar-refractivity contribution is 7.93. The number of rotatable bonds is 5. The minimum atomic E-state index is -4.65. The molecule has 3 rings (SSSR count). The zero-order valence-electron chi connectivity index (χ0n) is 13.1. The molecule has 0 aliphatic carbocycles. The summed E-state index contributed by atoms with van der Waals surface area (Å²) in [6, 6.07) is 5.64. The first-order valence-electron chi connectivity index (χ1n) is 7.11. The summed E-state index contributed by atoms with van der Waals surface area (Å²) in [5.41, 5.74) is -1.42. The SMILES string of the molecule is O=C(Nc1ccc(S(=O)(=O)Nc2nccs2)cc1)c1cc(C(F)(F)F)[nH]n1. The molecular formula is C14H10F3N5O3S2. The number of aromatic amines is 1. The number of carbonyl (C=O) groups is 1. The number of sulfonamides is 1. The zero-order chi connectivity index (χ0) is 19.7. The standard InChI is InChI=1S/C14H10F3N5O3S2/c15-14(16,17)11-7-10(20-21-11)12(23)19-8-1-3-9(4-2-8)27(24,25)22-13-18-5-6-26-13/h1-7H,(H,18,22)(H,19,23)(H,20,21). The molecule has 0 aliphatic heterocycles. The molecule has 0 radical (unpaired) electrons. The quantitative estimate of drug-likeness (QED) is 0.590. The molecule has 0 atom stereocenters. The Labute approximate surface area is 154 Å². The maximum atomic E-state index is 12.5. The van der Waals surface area contributed by atoms with E-state index in [0.717, 1.165) is 11.3 Å². The minimum absolute atomic E-state index is 0.0742. The van der Waals surface area contributed by atoms with Crippen molar-refractivity contribution in [1.29, 1.82) is 0 Å². The number of nitrogens with one attached hydrogen (secondary N) is 3. The molecule has 0 saturated heterocycles. The Morgan fingerprint density at radius 2 is 1.89 bits per heavy atom. The molecule has 3 N–H and O–H groups in total. The van der Waals surface area contributed by atoms with Crippen molar-refractivity contribution in [2.24, 2.45) is 0 Å². The van der Waals surface area contributed by atoms with Gasteiger partial charge in [-0.25, -0.2) is 13.4 Å². The summed E-state index contributed by atoms with van der Waals surface area (Å²) in [5.74, 6) is -0.877. The largest absolute Gasteiger partial charge is 0.432 e. The van der Waals surface area contributed by atoms with E-state index < -0.39 is 33.5 Å². The van der Waals surface area contributed by atoms with Crippen LogP contribution in [0.5, 0.6) is 0 Å². The number of anilines is 2. The normalized spacial score (nSPS) is 12.0. The van der Waals surface area contributed by atoms with Crippen molar-refractivity contribution in [2.45, 2.75) is 11.1 Å². The van der Waals surface area contributed by atoms with Crippen LogP contribution < -0.4 is 10.0 Å². The lowest BCUT2D eigenvalue weighted by Crippen LogP contribution is -2.14. The van der Waals surface area contributed by atoms with Gasteiger partial charge in [-0.15, -0.1) is 11.3 Å². The second-order valence-electron chi connectivity index (χ2n) is 5.09. The fourth-order valence-electron chi connectivity index (χ4n) is 1.94. The molecule has 0 aliphatic rings. The average molecular weight is 417 g/mol. The van der Waals surface area contributed by atoms with E-state index >= 15 is 0 Å². The van der Waals surface area contributed by atoms with Gasteiger partial charge in [0, 0.05) is 23.3 Å². The van der Waals surface area contributed by atoms with E-state index in [2.05, 4.69) is 20.1 Å². The van der Waals surface area contributed by atoms with Crippen LogP contribution in [-0.4, -0.2) is 29.5 Å². The summed E-state index contributed by atoms with van der Waals surface area (Å²) >= 11 is 1.11. The molecule has 142 valence electrons. The highest BCUT2D eigenvalue weighted by atomic mass is 32.2. The third-order valence-corrected chi connectivity index (χ3v) is 5.36. The molecule has 2 heterocycles. The Balaban J connectivity index is 1.70. The smallest absolute Gasteiger partial charge is 0.321 e. The zero-order valence-corrected chi connectivity index (χ0v) is 14.7. The highest BCUT2D eigenvalue weighted by Gasteiger charge is 2.33. The molecule has 0 saturated carbocycles. The Bertz CT molecular complexity index is 1040. The van der Waals surface area contributed by atoms with Crippen LogP contribution in [0.4, 0.5) is 24.0 Å². The first-order valence-corrected chi connectivity index (χ1v) is 9.48. The number of hydrogen-bond donors (Lipinski definition) is 3. The summed E-state index contributed by atoms with van der Waals surface area (Å²) in [4.78, 5) is 15.7. The number of halogens is 3. The van der Waals surface area contributed by atoms with Crippen molar-refractivity contribution in [3.05, 3.63) is 53.3 Å². The summed E-state index contributed by atoms with van der Waals surface area (Å²) in [7, 11) is -3.85. The molecule has 0 bridgehead atoms. The van der Waals surface area contributed by atoms with Gasteiger partial charge in [-0.3, -0.25) is 14.6 Å². The third-order valence-electron chi connectivity index (χ3n) is 3.19. The molecule has 0 spiro atoms. The summed E-state index contributed by atoms with van der Waals surface area (Å²) in [6.07, 6.45) is -3.20. The number of amides is 1. The van der Waals surface area contributed by atoms with E-state index in [1.807, 2.05) is 0 Å². The summed E-state index contributed by atoms with van der Waals surface area (Å²) in [5, 5.41) is 9.18. The summed E-state index contributed by atoms with van der Waals surface area (Å²) in [6.45, 7) is 0. The number of thiazole rings is 1. The van der Waals surface area contributed by atoms with Gasteiger partial charge in [-0.2, -0.15) is 18.3 Å². The molecule has 27 heavy (non-hydrogen) atoms. The van der Waals surface area contributed by atoms with Crippen LogP contribution in [0.1, 0.15) is 16.2 Å². The van der Waals surface area contributed by atoms with Crippen LogP contribution in [0.15, 0.2) is 46.8 Å². The Morgan fingerprint density at radius 3 is 2.44 bits per heavy atom. The van der Waals surface area contributed by atoms with Crippen molar-refractivity contribution < 1.29 is 26.4 Å². The molecule has 8 nitrogen and oxygen atoms in total. The molecule has 0 fully saturated rings. The molecule has 13 heteroatoms. The van der Waals surface area contributed by atoms with Gasteiger partial charge in [0.05, 0.1) is 4.90 Å². The van der Waals surface area contributed by atoms with Crippen LogP contribution in [0.3, 0.4) is 0 Å². The number of H-pyrrole nitrogens is 1. The fraction of sp³-hybridized carbons (Fsp3) is 0.0714. The number of carbonyl (C=O) groups excluding carboxylic acids is 1. The number of aromatic nitrogens is 3. The summed E-state index contributed by atoms with van der Waals surface area (Å²) < 4.78 is 64.2. The molecule has 1 amide bonds. The van der Waals surface area contributed by atoms with Crippen LogP contribution in [0.25, 0.3) is 0 Å². The van der Waals surface area contributed by atoms with E-state index in [9.17, 15) is 26.4 Å². The lowest BCUT2D eigenvalue weighted by Gasteiger charge is -2.07. The van der Waals surface area contributed by atoms with Gasteiger partial charge in [0.15, 0.2) is 10.8 Å². The van der Waals surface area contributed by atoms with Crippen LogP contribution in [0.2, 0.25) is 0 Å². The van der Waals surface area contributed by atoms with Crippen molar-refractivity contribution in [2.75, 3.05) is 10.0 Å². The number of benzene rings is 1. The van der Waals surface area contributed by atoms with Crippen molar-refractivity contribution in [3.63, 3.8) is 0 Å². The minimum Gasteiger partial charge on any atom is -0.321 e. The molecular weight excluding hydrogens is 407 g/mol. The van der Waals surface area contributed by atoms with Crippen LogP contribution in [-0.2, 0) is 16.2 Å². The lowest BCUT2D eigenvalue weighted by molar-refractivity contribution is -0.141. The van der Waals surface area contributed by atoms with Crippen LogP contribution in [0, 0.1) is 0 Å². The monoisotopic (exact) mass is 417 g/mol. The van der Waals surface area contributed by atoms with Gasteiger partial charge in [-0.05, 0) is 24.3 Å². The maximum Gasteiger partial charge on any atom is 0.432 e. The molecule has 1 aromatic carbocycles. The van der Waals surface area contributed by atoms with Crippen molar-refractivity contribution in [1.82, 2.24) is 15.2 Å². The van der Waals surface area contributed by atoms with Gasteiger partial charge in [0.2, 0.25) is 0 Å². The molecule has 0 unspecified atom stereocenters. The highest BCUT2D eigenvalue weighted by Crippen LogP contribution is 2.28. The Kier molecular flexibility index (Phi) is 4.89. The van der Waals surface area contributed by atoms with Crippen molar-refractivity contribution >= 4 is 38.1 Å².